The second-order valence-electron chi connectivity index (χ2n) is 4.39. The number of nitrogens with two attached hydrogens (primary N) is 1. The number of carbonyl (C=O) groups is 1. The van der Waals surface area contributed by atoms with Gasteiger partial charge < -0.3 is 10.6 Å². The van der Waals surface area contributed by atoms with E-state index in [1.165, 1.54) is 0 Å². The van der Waals surface area contributed by atoms with Crippen molar-refractivity contribution in [2.45, 2.75) is 12.8 Å². The molecule has 1 unspecified atom stereocenters. The molecule has 0 aliphatic carbocycles. The van der Waals surface area contributed by atoms with E-state index < -0.39 is 0 Å². The molecule has 7 heteroatoms. The fourth-order valence-electron chi connectivity index (χ4n) is 2.15. The molecule has 1 aromatic heterocycles. The maximum absolute atomic E-state index is 12.2. The first kappa shape index (κ1) is 18.6. The Morgan fingerprint density at radius 3 is 2.84 bits per heavy atom. The summed E-state index contributed by atoms with van der Waals surface area (Å²) < 4.78 is 0.829. The number of piperidine rings is 1. The summed E-state index contributed by atoms with van der Waals surface area (Å²) in [4.78, 5) is 18.1. The first-order valence-electron chi connectivity index (χ1n) is 5.80. The van der Waals surface area contributed by atoms with Gasteiger partial charge in [0.05, 0.1) is 5.56 Å². The molecular weight excluding hydrogens is 353 g/mol. The van der Waals surface area contributed by atoms with Crippen LogP contribution in [-0.4, -0.2) is 35.4 Å². The Morgan fingerprint density at radius 2 is 2.21 bits per heavy atom. The van der Waals surface area contributed by atoms with Gasteiger partial charge in [0.1, 0.15) is 0 Å². The van der Waals surface area contributed by atoms with Crippen LogP contribution in [0.15, 0.2) is 22.9 Å². The van der Waals surface area contributed by atoms with Crippen molar-refractivity contribution in [1.82, 2.24) is 9.88 Å². The van der Waals surface area contributed by atoms with Gasteiger partial charge in [0, 0.05) is 30.0 Å². The number of likely N-dealkylation sites (tertiary alicyclic amines) is 1. The highest BCUT2D eigenvalue weighted by Crippen LogP contribution is 2.18. The summed E-state index contributed by atoms with van der Waals surface area (Å²) in [6.45, 7) is 2.24. The largest absolute Gasteiger partial charge is 0.338 e. The van der Waals surface area contributed by atoms with Gasteiger partial charge in [0.25, 0.3) is 5.91 Å². The van der Waals surface area contributed by atoms with Gasteiger partial charge in [-0.15, -0.1) is 24.8 Å². The number of halogens is 3. The molecule has 1 amide bonds. The molecule has 2 heterocycles. The maximum atomic E-state index is 12.2. The predicted molar refractivity (Wildman–Crippen MR) is 84.1 cm³/mol. The van der Waals surface area contributed by atoms with E-state index in [1.807, 2.05) is 4.90 Å². The van der Waals surface area contributed by atoms with Crippen molar-refractivity contribution in [3.8, 4) is 0 Å². The zero-order valence-electron chi connectivity index (χ0n) is 10.4. The van der Waals surface area contributed by atoms with E-state index in [2.05, 4.69) is 20.9 Å². The average Bonchev–Trinajstić information content (AvgIpc) is 2.38. The molecule has 2 N–H and O–H groups in total. The van der Waals surface area contributed by atoms with Gasteiger partial charge in [0.2, 0.25) is 0 Å². The fourth-order valence-corrected chi connectivity index (χ4v) is 2.52. The van der Waals surface area contributed by atoms with Gasteiger partial charge in [0.15, 0.2) is 0 Å². The first-order valence-corrected chi connectivity index (χ1v) is 6.60. The van der Waals surface area contributed by atoms with Gasteiger partial charge >= 0.3 is 0 Å². The fraction of sp³-hybridized carbons (Fsp3) is 0.500. The molecule has 4 nitrogen and oxygen atoms in total. The van der Waals surface area contributed by atoms with Crippen molar-refractivity contribution < 1.29 is 4.79 Å². The quantitative estimate of drug-likeness (QED) is 0.869. The number of hydrogen-bond donors (Lipinski definition) is 1. The molecule has 2 rings (SSSR count). The molecule has 19 heavy (non-hydrogen) atoms. The number of hydrogen-bond acceptors (Lipinski definition) is 3. The van der Waals surface area contributed by atoms with E-state index in [-0.39, 0.29) is 30.7 Å². The van der Waals surface area contributed by atoms with Gasteiger partial charge in [-0.2, -0.15) is 0 Å². The lowest BCUT2D eigenvalue weighted by Crippen LogP contribution is -2.42. The van der Waals surface area contributed by atoms with Crippen LogP contribution >= 0.6 is 40.7 Å². The molecule has 0 aromatic carbocycles. The number of carbonyl (C=O) groups excluding carboxylic acids is 1. The van der Waals surface area contributed by atoms with Gasteiger partial charge in [-0.1, -0.05) is 0 Å². The van der Waals surface area contributed by atoms with Crippen LogP contribution in [0.3, 0.4) is 0 Å². The smallest absolute Gasteiger partial charge is 0.255 e. The number of nitrogens with zero attached hydrogens (tertiary/aromatic N) is 2. The summed E-state index contributed by atoms with van der Waals surface area (Å²) >= 11 is 3.33. The Bertz CT molecular complexity index is 420. The van der Waals surface area contributed by atoms with E-state index >= 15 is 0 Å². The molecule has 1 aromatic rings. The minimum atomic E-state index is 0. The summed E-state index contributed by atoms with van der Waals surface area (Å²) in [5.74, 6) is 0.491. The van der Waals surface area contributed by atoms with Crippen molar-refractivity contribution >= 4 is 46.7 Å². The molecule has 0 radical (unpaired) electrons. The van der Waals surface area contributed by atoms with E-state index in [9.17, 15) is 4.79 Å². The van der Waals surface area contributed by atoms with Crippen LogP contribution in [0.25, 0.3) is 0 Å². The molecule has 1 atom stereocenters. The van der Waals surface area contributed by atoms with Crippen molar-refractivity contribution in [2.24, 2.45) is 11.7 Å². The molecule has 1 aliphatic heterocycles. The average molecular weight is 371 g/mol. The number of pyridine rings is 1. The second kappa shape index (κ2) is 8.74. The minimum Gasteiger partial charge on any atom is -0.338 e. The number of aromatic nitrogens is 1. The van der Waals surface area contributed by atoms with Crippen LogP contribution in [0.1, 0.15) is 23.2 Å². The molecule has 108 valence electrons. The summed E-state index contributed by atoms with van der Waals surface area (Å²) in [5, 5.41) is 0. The Morgan fingerprint density at radius 1 is 1.47 bits per heavy atom. The third-order valence-corrected chi connectivity index (χ3v) is 3.53. The Balaban J connectivity index is 0.00000162. The van der Waals surface area contributed by atoms with Gasteiger partial charge in [-0.3, -0.25) is 9.78 Å². The van der Waals surface area contributed by atoms with Crippen LogP contribution in [-0.2, 0) is 0 Å². The monoisotopic (exact) mass is 369 g/mol. The van der Waals surface area contributed by atoms with Crippen LogP contribution in [0.2, 0.25) is 0 Å². The SMILES string of the molecule is Cl.Cl.NCC1CCCN(C(=O)c2cncc(Br)c2)C1. The van der Waals surface area contributed by atoms with E-state index in [0.717, 1.165) is 30.4 Å². The van der Waals surface area contributed by atoms with Gasteiger partial charge in [-0.05, 0) is 47.3 Å². The van der Waals surface area contributed by atoms with E-state index in [4.69, 9.17) is 5.73 Å². The predicted octanol–water partition coefficient (Wildman–Crippen LogP) is 2.50. The third-order valence-electron chi connectivity index (χ3n) is 3.09. The Labute approximate surface area is 134 Å². The van der Waals surface area contributed by atoms with Crippen LogP contribution in [0, 0.1) is 5.92 Å². The highest BCUT2D eigenvalue weighted by atomic mass is 79.9. The van der Waals surface area contributed by atoms with Crippen molar-refractivity contribution in [3.63, 3.8) is 0 Å². The lowest BCUT2D eigenvalue weighted by atomic mass is 9.98. The summed E-state index contributed by atoms with van der Waals surface area (Å²) in [6.07, 6.45) is 5.45. The summed E-state index contributed by atoms with van der Waals surface area (Å²) in [7, 11) is 0. The number of amides is 1. The van der Waals surface area contributed by atoms with E-state index in [0.29, 0.717) is 18.0 Å². The highest BCUT2D eigenvalue weighted by Gasteiger charge is 2.23. The number of rotatable bonds is 2. The van der Waals surface area contributed by atoms with Crippen molar-refractivity contribution in [1.29, 1.82) is 0 Å². The summed E-state index contributed by atoms with van der Waals surface area (Å²) in [5.41, 5.74) is 6.31. The lowest BCUT2D eigenvalue weighted by molar-refractivity contribution is 0.0677. The Hall–Kier alpha value is -0.360. The zero-order chi connectivity index (χ0) is 12.3. The lowest BCUT2D eigenvalue weighted by Gasteiger charge is -2.32. The highest BCUT2D eigenvalue weighted by molar-refractivity contribution is 9.10. The van der Waals surface area contributed by atoms with E-state index in [1.54, 1.807) is 18.5 Å². The molecular formula is C12H18BrCl2N3O. The molecule has 1 fully saturated rings. The molecule has 1 aliphatic rings. The summed E-state index contributed by atoms with van der Waals surface area (Å²) in [6, 6.07) is 1.81. The Kier molecular flexibility index (Phi) is 8.57. The third kappa shape index (κ3) is 4.91. The normalized spacial score (nSPS) is 18.2. The van der Waals surface area contributed by atoms with Crippen LogP contribution in [0.5, 0.6) is 0 Å². The molecule has 1 saturated heterocycles. The van der Waals surface area contributed by atoms with Crippen LogP contribution < -0.4 is 5.73 Å². The standard InChI is InChI=1S/C12H16BrN3O.2ClH/c13-11-4-10(6-15-7-11)12(17)16-3-1-2-9(5-14)8-16;;/h4,6-7,9H,1-3,5,8,14H2;2*1H. The van der Waals surface area contributed by atoms with Crippen molar-refractivity contribution in [3.05, 3.63) is 28.5 Å². The zero-order valence-corrected chi connectivity index (χ0v) is 13.6. The molecule has 0 saturated carbocycles. The topological polar surface area (TPSA) is 59.2 Å². The molecule has 0 bridgehead atoms. The minimum absolute atomic E-state index is 0. The first-order chi connectivity index (χ1) is 8.20. The van der Waals surface area contributed by atoms with Crippen molar-refractivity contribution in [2.75, 3.05) is 19.6 Å². The van der Waals surface area contributed by atoms with Crippen LogP contribution in [0.4, 0.5) is 0 Å². The molecule has 0 spiro atoms. The van der Waals surface area contributed by atoms with Gasteiger partial charge in [-0.25, -0.2) is 0 Å². The maximum Gasteiger partial charge on any atom is 0.255 e. The second-order valence-corrected chi connectivity index (χ2v) is 5.30.